The van der Waals surface area contributed by atoms with Crippen molar-refractivity contribution in [2.45, 2.75) is 13.5 Å². The van der Waals surface area contributed by atoms with Gasteiger partial charge in [-0.25, -0.2) is 4.79 Å². The van der Waals surface area contributed by atoms with Gasteiger partial charge >= 0.3 is 6.03 Å². The first-order valence-corrected chi connectivity index (χ1v) is 11.3. The maximum atomic E-state index is 12.9. The number of urea groups is 1. The SMILES string of the molecule is COc1ccc2c(c1)c(C=C1C(=O)N(C)C(=O)N(C)C1=O)c(C)n2Cc1cccc2ccccc12. The number of carbonyl (C=O) groups is 3. The molecular formula is C28H25N3O4. The van der Waals surface area contributed by atoms with E-state index in [-0.39, 0.29) is 5.57 Å². The minimum Gasteiger partial charge on any atom is -0.497 e. The van der Waals surface area contributed by atoms with Gasteiger partial charge in [0.05, 0.1) is 7.11 Å². The number of fused-ring (bicyclic) bond motifs is 2. The zero-order chi connectivity index (χ0) is 24.9. The van der Waals surface area contributed by atoms with Crippen LogP contribution in [0.5, 0.6) is 5.75 Å². The molecule has 1 saturated heterocycles. The van der Waals surface area contributed by atoms with Gasteiger partial charge in [-0.3, -0.25) is 19.4 Å². The molecule has 0 atom stereocenters. The molecule has 0 radical (unpaired) electrons. The summed E-state index contributed by atoms with van der Waals surface area (Å²) in [6.45, 7) is 2.58. The number of barbiturate groups is 1. The molecule has 4 amide bonds. The van der Waals surface area contributed by atoms with Crippen LogP contribution < -0.4 is 4.74 Å². The summed E-state index contributed by atoms with van der Waals surface area (Å²) in [6.07, 6.45) is 1.60. The van der Waals surface area contributed by atoms with Crippen LogP contribution in [-0.4, -0.2) is 53.4 Å². The zero-order valence-corrected chi connectivity index (χ0v) is 20.0. The van der Waals surface area contributed by atoms with E-state index in [9.17, 15) is 14.4 Å². The van der Waals surface area contributed by atoms with Gasteiger partial charge in [-0.2, -0.15) is 0 Å². The van der Waals surface area contributed by atoms with Crippen molar-refractivity contribution in [2.24, 2.45) is 0 Å². The molecule has 2 heterocycles. The molecule has 7 nitrogen and oxygen atoms in total. The van der Waals surface area contributed by atoms with Crippen molar-refractivity contribution < 1.29 is 19.1 Å². The molecule has 5 rings (SSSR count). The van der Waals surface area contributed by atoms with Gasteiger partial charge in [-0.15, -0.1) is 0 Å². The fourth-order valence-corrected chi connectivity index (χ4v) is 4.72. The minimum atomic E-state index is -0.645. The molecule has 0 unspecified atom stereocenters. The first-order chi connectivity index (χ1) is 16.8. The molecule has 0 spiro atoms. The number of hydrogen-bond donors (Lipinski definition) is 0. The van der Waals surface area contributed by atoms with Crippen LogP contribution in [0.25, 0.3) is 27.8 Å². The number of amides is 4. The molecular weight excluding hydrogens is 442 g/mol. The number of ether oxygens (including phenoxy) is 1. The number of likely N-dealkylation sites (N-methyl/N-ethyl adjacent to an activating group) is 2. The van der Waals surface area contributed by atoms with E-state index in [0.717, 1.165) is 42.9 Å². The minimum absolute atomic E-state index is 0.0512. The summed E-state index contributed by atoms with van der Waals surface area (Å²) >= 11 is 0. The molecule has 35 heavy (non-hydrogen) atoms. The number of methoxy groups -OCH3 is 1. The van der Waals surface area contributed by atoms with E-state index in [1.165, 1.54) is 19.5 Å². The van der Waals surface area contributed by atoms with Gasteiger partial charge in [0.1, 0.15) is 11.3 Å². The van der Waals surface area contributed by atoms with Gasteiger partial charge in [0.15, 0.2) is 0 Å². The lowest BCUT2D eigenvalue weighted by Crippen LogP contribution is -2.52. The number of aromatic nitrogens is 1. The standard InChI is InChI=1S/C28H25N3O4/c1-17-22(15-24-26(32)29(2)28(34)30(3)27(24)33)23-14-20(35-4)12-13-25(23)31(17)16-19-10-7-9-18-8-5-6-11-21(18)19/h5-15H,16H2,1-4H3. The average molecular weight is 468 g/mol. The van der Waals surface area contributed by atoms with Crippen molar-refractivity contribution in [2.75, 3.05) is 21.2 Å². The first-order valence-electron chi connectivity index (χ1n) is 11.3. The van der Waals surface area contributed by atoms with Gasteiger partial charge in [0.25, 0.3) is 11.8 Å². The van der Waals surface area contributed by atoms with Crippen molar-refractivity contribution >= 4 is 45.6 Å². The maximum Gasteiger partial charge on any atom is 0.333 e. The Hall–Kier alpha value is -4.39. The Balaban J connectivity index is 1.71. The molecule has 0 aliphatic carbocycles. The van der Waals surface area contributed by atoms with Crippen molar-refractivity contribution in [3.05, 3.63) is 83.1 Å². The first kappa shape index (κ1) is 22.4. The average Bonchev–Trinajstić information content (AvgIpc) is 3.14. The quantitative estimate of drug-likeness (QED) is 0.325. The smallest absolute Gasteiger partial charge is 0.333 e. The van der Waals surface area contributed by atoms with Crippen molar-refractivity contribution in [3.8, 4) is 5.75 Å². The van der Waals surface area contributed by atoms with Crippen molar-refractivity contribution in [1.82, 2.24) is 14.4 Å². The van der Waals surface area contributed by atoms with Gasteiger partial charge < -0.3 is 9.30 Å². The normalized spacial score (nSPS) is 14.4. The van der Waals surface area contributed by atoms with Gasteiger partial charge in [-0.1, -0.05) is 42.5 Å². The highest BCUT2D eigenvalue weighted by Crippen LogP contribution is 2.33. The molecule has 0 N–H and O–H groups in total. The lowest BCUT2D eigenvalue weighted by atomic mass is 10.0. The third-order valence-corrected chi connectivity index (χ3v) is 6.72. The highest BCUT2D eigenvalue weighted by molar-refractivity contribution is 6.31. The third-order valence-electron chi connectivity index (χ3n) is 6.72. The number of hydrogen-bond acceptors (Lipinski definition) is 4. The molecule has 0 bridgehead atoms. The number of benzene rings is 3. The topological polar surface area (TPSA) is 71.8 Å². The fraction of sp³-hybridized carbons (Fsp3) is 0.179. The summed E-state index contributed by atoms with van der Waals surface area (Å²) in [5, 5.41) is 3.19. The van der Waals surface area contributed by atoms with Crippen LogP contribution in [0.2, 0.25) is 0 Å². The van der Waals surface area contributed by atoms with Gasteiger partial charge in [-0.05, 0) is 47.5 Å². The Kier molecular flexibility index (Phi) is 5.40. The summed E-state index contributed by atoms with van der Waals surface area (Å²) in [5.74, 6) is -0.559. The maximum absolute atomic E-state index is 12.9. The monoisotopic (exact) mass is 467 g/mol. The van der Waals surface area contributed by atoms with E-state index >= 15 is 0 Å². The Labute approximate surface area is 202 Å². The number of rotatable bonds is 4. The number of carbonyl (C=O) groups excluding carboxylic acids is 3. The van der Waals surface area contributed by atoms with E-state index in [1.807, 2.05) is 43.3 Å². The molecule has 0 saturated carbocycles. The molecule has 7 heteroatoms. The van der Waals surface area contributed by atoms with E-state index < -0.39 is 17.8 Å². The molecule has 1 aliphatic rings. The highest BCUT2D eigenvalue weighted by atomic mass is 16.5. The second-order valence-corrected chi connectivity index (χ2v) is 8.68. The predicted octanol–water partition coefficient (Wildman–Crippen LogP) is 4.59. The zero-order valence-electron chi connectivity index (χ0n) is 20.0. The van der Waals surface area contributed by atoms with Crippen LogP contribution in [0.1, 0.15) is 16.8 Å². The van der Waals surface area contributed by atoms with Crippen LogP contribution in [-0.2, 0) is 16.1 Å². The molecule has 1 aromatic heterocycles. The van der Waals surface area contributed by atoms with Crippen LogP contribution in [0.3, 0.4) is 0 Å². The summed E-state index contributed by atoms with van der Waals surface area (Å²) in [6, 6.07) is 19.7. The Morgan fingerprint density at radius 2 is 1.54 bits per heavy atom. The second-order valence-electron chi connectivity index (χ2n) is 8.68. The van der Waals surface area contributed by atoms with E-state index in [1.54, 1.807) is 13.2 Å². The van der Waals surface area contributed by atoms with E-state index in [4.69, 9.17) is 4.74 Å². The van der Waals surface area contributed by atoms with Crippen LogP contribution in [0, 0.1) is 6.92 Å². The number of nitrogens with zero attached hydrogens (tertiary/aromatic N) is 3. The molecule has 4 aromatic rings. The summed E-state index contributed by atoms with van der Waals surface area (Å²) < 4.78 is 7.64. The van der Waals surface area contributed by atoms with Crippen LogP contribution in [0.4, 0.5) is 4.79 Å². The van der Waals surface area contributed by atoms with Gasteiger partial charge in [0, 0.05) is 42.8 Å². The van der Waals surface area contributed by atoms with Crippen LogP contribution >= 0.6 is 0 Å². The largest absolute Gasteiger partial charge is 0.497 e. The Morgan fingerprint density at radius 1 is 0.857 bits per heavy atom. The summed E-state index contributed by atoms with van der Waals surface area (Å²) in [7, 11) is 4.35. The van der Waals surface area contributed by atoms with E-state index in [2.05, 4.69) is 28.8 Å². The van der Waals surface area contributed by atoms with Crippen molar-refractivity contribution in [1.29, 1.82) is 0 Å². The Bertz CT molecular complexity index is 1530. The lowest BCUT2D eigenvalue weighted by Gasteiger charge is -2.28. The fourth-order valence-electron chi connectivity index (χ4n) is 4.72. The number of imide groups is 2. The molecule has 176 valence electrons. The molecule has 1 aliphatic heterocycles. The third kappa shape index (κ3) is 3.56. The van der Waals surface area contributed by atoms with Gasteiger partial charge in [0.2, 0.25) is 0 Å². The molecule has 1 fully saturated rings. The summed E-state index contributed by atoms with van der Waals surface area (Å²) in [4.78, 5) is 39.8. The summed E-state index contributed by atoms with van der Waals surface area (Å²) in [5.41, 5.74) is 3.71. The lowest BCUT2D eigenvalue weighted by molar-refractivity contribution is -0.134. The molecule has 3 aromatic carbocycles. The van der Waals surface area contributed by atoms with E-state index in [0.29, 0.717) is 12.3 Å². The highest BCUT2D eigenvalue weighted by Gasteiger charge is 2.38. The van der Waals surface area contributed by atoms with Crippen molar-refractivity contribution in [3.63, 3.8) is 0 Å². The Morgan fingerprint density at radius 3 is 2.26 bits per heavy atom. The predicted molar refractivity (Wildman–Crippen MR) is 135 cm³/mol. The van der Waals surface area contributed by atoms with Crippen LogP contribution in [0.15, 0.2) is 66.2 Å². The second kappa shape index (κ2) is 8.43.